The van der Waals surface area contributed by atoms with Crippen LogP contribution in [-0.4, -0.2) is 66.2 Å². The molecule has 0 spiro atoms. The van der Waals surface area contributed by atoms with Crippen LogP contribution in [0.5, 0.6) is 0 Å². The van der Waals surface area contributed by atoms with E-state index in [-0.39, 0.29) is 23.7 Å². The number of hydrogen-bond acceptors (Lipinski definition) is 5. The van der Waals surface area contributed by atoms with Gasteiger partial charge >= 0.3 is 0 Å². The van der Waals surface area contributed by atoms with Crippen LogP contribution in [0.4, 0.5) is 0 Å². The molecule has 5 nitrogen and oxygen atoms in total. The van der Waals surface area contributed by atoms with Crippen LogP contribution in [-0.2, 0) is 9.53 Å². The molecule has 3 fully saturated rings. The number of carbonyl (C=O) groups is 1. The standard InChI is InChI=1S/C16H29N3O2S/c17-11-13-3-4-14(21-13)15(20)18-12-16(5-1-2-6-16)19-7-9-22-10-8-19/h13-14H,1-12,17H2,(H,18,20)/t13-,14+/m1/s1. The Kier molecular flexibility index (Phi) is 5.65. The minimum atomic E-state index is -0.288. The van der Waals surface area contributed by atoms with E-state index in [9.17, 15) is 4.79 Å². The third-order valence-corrected chi connectivity index (χ3v) is 6.41. The summed E-state index contributed by atoms with van der Waals surface area (Å²) in [5.41, 5.74) is 5.82. The second-order valence-corrected chi connectivity index (χ2v) is 8.03. The first kappa shape index (κ1) is 16.6. The molecule has 6 heteroatoms. The maximum Gasteiger partial charge on any atom is 0.249 e. The minimum absolute atomic E-state index is 0.0635. The van der Waals surface area contributed by atoms with Gasteiger partial charge in [0, 0.05) is 43.2 Å². The lowest BCUT2D eigenvalue weighted by Gasteiger charge is -2.43. The van der Waals surface area contributed by atoms with Gasteiger partial charge in [-0.1, -0.05) is 12.8 Å². The van der Waals surface area contributed by atoms with Crippen LogP contribution in [0.3, 0.4) is 0 Å². The third kappa shape index (κ3) is 3.61. The van der Waals surface area contributed by atoms with Crippen LogP contribution < -0.4 is 11.1 Å². The molecule has 0 aromatic rings. The molecule has 2 saturated heterocycles. The van der Waals surface area contributed by atoms with Gasteiger partial charge in [0.15, 0.2) is 0 Å². The lowest BCUT2D eigenvalue weighted by atomic mass is 9.94. The molecule has 3 aliphatic rings. The van der Waals surface area contributed by atoms with E-state index in [1.54, 1.807) is 0 Å². The minimum Gasteiger partial charge on any atom is -0.364 e. The van der Waals surface area contributed by atoms with Gasteiger partial charge in [0.1, 0.15) is 6.10 Å². The topological polar surface area (TPSA) is 67.6 Å². The second kappa shape index (κ2) is 7.51. The summed E-state index contributed by atoms with van der Waals surface area (Å²) in [6, 6.07) is 0. The van der Waals surface area contributed by atoms with Gasteiger partial charge in [-0.3, -0.25) is 9.69 Å². The molecular weight excluding hydrogens is 298 g/mol. The van der Waals surface area contributed by atoms with E-state index in [0.29, 0.717) is 6.54 Å². The van der Waals surface area contributed by atoms with Crippen molar-refractivity contribution in [2.24, 2.45) is 5.73 Å². The highest BCUT2D eigenvalue weighted by atomic mass is 32.2. The molecule has 3 N–H and O–H groups in total. The van der Waals surface area contributed by atoms with Crippen molar-refractivity contribution in [2.45, 2.75) is 56.3 Å². The predicted octanol–water partition coefficient (Wildman–Crippen LogP) is 0.970. The molecule has 0 aromatic heterocycles. The molecule has 0 aromatic carbocycles. The Morgan fingerprint density at radius 3 is 2.64 bits per heavy atom. The van der Waals surface area contributed by atoms with Crippen molar-refractivity contribution in [3.63, 3.8) is 0 Å². The average molecular weight is 327 g/mol. The molecule has 2 aliphatic heterocycles. The molecule has 3 rings (SSSR count). The van der Waals surface area contributed by atoms with Gasteiger partial charge in [-0.15, -0.1) is 0 Å². The maximum absolute atomic E-state index is 12.4. The molecule has 0 unspecified atom stereocenters. The van der Waals surface area contributed by atoms with Gasteiger partial charge in [-0.2, -0.15) is 11.8 Å². The lowest BCUT2D eigenvalue weighted by molar-refractivity contribution is -0.132. The highest BCUT2D eigenvalue weighted by molar-refractivity contribution is 7.99. The summed E-state index contributed by atoms with van der Waals surface area (Å²) < 4.78 is 5.71. The zero-order chi connectivity index (χ0) is 15.4. The van der Waals surface area contributed by atoms with E-state index < -0.39 is 0 Å². The molecule has 1 amide bonds. The maximum atomic E-state index is 12.4. The van der Waals surface area contributed by atoms with Gasteiger partial charge in [0.05, 0.1) is 6.10 Å². The van der Waals surface area contributed by atoms with Gasteiger partial charge in [-0.05, 0) is 25.7 Å². The first-order chi connectivity index (χ1) is 10.7. The highest BCUT2D eigenvalue weighted by Gasteiger charge is 2.41. The summed E-state index contributed by atoms with van der Waals surface area (Å²) in [7, 11) is 0. The fourth-order valence-corrected chi connectivity index (χ4v) is 5.02. The van der Waals surface area contributed by atoms with Crippen molar-refractivity contribution in [3.8, 4) is 0 Å². The van der Waals surface area contributed by atoms with E-state index in [1.165, 1.54) is 37.2 Å². The molecule has 0 bridgehead atoms. The van der Waals surface area contributed by atoms with Crippen LogP contribution in [0.25, 0.3) is 0 Å². The van der Waals surface area contributed by atoms with Gasteiger partial charge in [-0.25, -0.2) is 0 Å². The molecule has 1 aliphatic carbocycles. The van der Waals surface area contributed by atoms with E-state index in [2.05, 4.69) is 10.2 Å². The quantitative estimate of drug-likeness (QED) is 0.788. The largest absolute Gasteiger partial charge is 0.364 e. The average Bonchev–Trinajstić information content (AvgIpc) is 3.23. The van der Waals surface area contributed by atoms with Crippen LogP contribution in [0.1, 0.15) is 38.5 Å². The molecule has 22 heavy (non-hydrogen) atoms. The molecule has 2 heterocycles. The van der Waals surface area contributed by atoms with Crippen LogP contribution in [0.2, 0.25) is 0 Å². The monoisotopic (exact) mass is 327 g/mol. The first-order valence-electron chi connectivity index (χ1n) is 8.69. The number of thioether (sulfide) groups is 1. The molecule has 0 radical (unpaired) electrons. The van der Waals surface area contributed by atoms with E-state index in [4.69, 9.17) is 10.5 Å². The van der Waals surface area contributed by atoms with Crippen molar-refractivity contribution in [2.75, 3.05) is 37.7 Å². The van der Waals surface area contributed by atoms with Crippen molar-refractivity contribution in [3.05, 3.63) is 0 Å². The molecule has 2 atom stereocenters. The van der Waals surface area contributed by atoms with Crippen LogP contribution in [0, 0.1) is 0 Å². The summed E-state index contributed by atoms with van der Waals surface area (Å²) in [6.45, 7) is 3.62. The SMILES string of the molecule is NC[C@H]1CC[C@@H](C(=O)NCC2(N3CCSCC3)CCCC2)O1. The summed E-state index contributed by atoms with van der Waals surface area (Å²) in [5.74, 6) is 2.51. The fraction of sp³-hybridized carbons (Fsp3) is 0.938. The van der Waals surface area contributed by atoms with Crippen molar-refractivity contribution in [1.82, 2.24) is 10.2 Å². The van der Waals surface area contributed by atoms with Gasteiger partial charge in [0.2, 0.25) is 5.91 Å². The molecule has 1 saturated carbocycles. The van der Waals surface area contributed by atoms with Gasteiger partial charge < -0.3 is 15.8 Å². The highest BCUT2D eigenvalue weighted by Crippen LogP contribution is 2.36. The van der Waals surface area contributed by atoms with Crippen molar-refractivity contribution in [1.29, 1.82) is 0 Å². The summed E-state index contributed by atoms with van der Waals surface area (Å²) in [4.78, 5) is 15.0. The Labute approximate surface area is 137 Å². The predicted molar refractivity (Wildman–Crippen MR) is 90.1 cm³/mol. The summed E-state index contributed by atoms with van der Waals surface area (Å²) in [5, 5.41) is 3.20. The number of carbonyl (C=O) groups excluding carboxylic acids is 1. The zero-order valence-electron chi connectivity index (χ0n) is 13.4. The molecule has 126 valence electrons. The number of hydrogen-bond donors (Lipinski definition) is 2. The van der Waals surface area contributed by atoms with E-state index >= 15 is 0 Å². The van der Waals surface area contributed by atoms with Crippen molar-refractivity contribution < 1.29 is 9.53 Å². The number of rotatable bonds is 5. The number of amides is 1. The summed E-state index contributed by atoms with van der Waals surface area (Å²) >= 11 is 2.04. The van der Waals surface area contributed by atoms with E-state index in [1.807, 2.05) is 11.8 Å². The van der Waals surface area contributed by atoms with E-state index in [0.717, 1.165) is 32.5 Å². The Morgan fingerprint density at radius 1 is 1.27 bits per heavy atom. The number of nitrogens with one attached hydrogen (secondary N) is 1. The number of nitrogens with zero attached hydrogens (tertiary/aromatic N) is 1. The Bertz CT molecular complexity index is 382. The van der Waals surface area contributed by atoms with Gasteiger partial charge in [0.25, 0.3) is 0 Å². The normalized spacial score (nSPS) is 32.2. The second-order valence-electron chi connectivity index (χ2n) is 6.81. The fourth-order valence-electron chi connectivity index (χ4n) is 4.11. The Morgan fingerprint density at radius 2 is 2.00 bits per heavy atom. The summed E-state index contributed by atoms with van der Waals surface area (Å²) in [6.07, 6.45) is 6.50. The lowest BCUT2D eigenvalue weighted by Crippen LogP contribution is -2.57. The number of nitrogens with two attached hydrogens (primary N) is 1. The van der Waals surface area contributed by atoms with Crippen LogP contribution >= 0.6 is 11.8 Å². The smallest absolute Gasteiger partial charge is 0.249 e. The van der Waals surface area contributed by atoms with Crippen LogP contribution in [0.15, 0.2) is 0 Å². The van der Waals surface area contributed by atoms with Crippen molar-refractivity contribution >= 4 is 17.7 Å². The Balaban J connectivity index is 1.54. The molecular formula is C16H29N3O2S. The third-order valence-electron chi connectivity index (χ3n) is 5.47. The first-order valence-corrected chi connectivity index (χ1v) is 9.85. The number of ether oxygens (including phenoxy) is 1. The Hall–Kier alpha value is -0.300. The zero-order valence-corrected chi connectivity index (χ0v) is 14.2.